The summed E-state index contributed by atoms with van der Waals surface area (Å²) in [6.45, 7) is 3.20. The zero-order valence-corrected chi connectivity index (χ0v) is 9.25. The van der Waals surface area contributed by atoms with Gasteiger partial charge in [0.05, 0.1) is 0 Å². The van der Waals surface area contributed by atoms with E-state index >= 15 is 0 Å². The van der Waals surface area contributed by atoms with Crippen LogP contribution in [-0.2, 0) is 7.05 Å². The summed E-state index contributed by atoms with van der Waals surface area (Å²) >= 11 is 0. The number of hydrogen-bond donors (Lipinski definition) is 1. The molecule has 3 nitrogen and oxygen atoms in total. The summed E-state index contributed by atoms with van der Waals surface area (Å²) in [5, 5.41) is 3.27. The van der Waals surface area contributed by atoms with E-state index in [4.69, 9.17) is 0 Å². The summed E-state index contributed by atoms with van der Waals surface area (Å²) in [7, 11) is 4.15. The molecule has 0 radical (unpaired) electrons. The average molecular weight is 193 g/mol. The van der Waals surface area contributed by atoms with Crippen LogP contribution in [0.2, 0.25) is 0 Å². The third-order valence-corrected chi connectivity index (χ3v) is 3.52. The van der Waals surface area contributed by atoms with Crippen LogP contribution in [0.15, 0.2) is 6.20 Å². The summed E-state index contributed by atoms with van der Waals surface area (Å²) in [5.74, 6) is 2.67. The second kappa shape index (κ2) is 3.73. The van der Waals surface area contributed by atoms with Crippen molar-refractivity contribution in [1.29, 1.82) is 0 Å². The highest BCUT2D eigenvalue weighted by molar-refractivity contribution is 5.14. The number of nitrogens with one attached hydrogen (secondary N) is 1. The lowest BCUT2D eigenvalue weighted by Crippen LogP contribution is -2.33. The molecule has 0 spiro atoms. The summed E-state index contributed by atoms with van der Waals surface area (Å²) in [6.07, 6.45) is 4.73. The first kappa shape index (κ1) is 9.71. The molecule has 14 heavy (non-hydrogen) atoms. The van der Waals surface area contributed by atoms with E-state index in [1.807, 2.05) is 13.2 Å². The second-order valence-corrected chi connectivity index (χ2v) is 4.29. The van der Waals surface area contributed by atoms with Crippen molar-refractivity contribution in [3.8, 4) is 0 Å². The maximum absolute atomic E-state index is 4.36. The predicted octanol–water partition coefficient (Wildman–Crippen LogP) is 1.44. The van der Waals surface area contributed by atoms with Gasteiger partial charge in [0, 0.05) is 24.9 Å². The molecule has 0 saturated heterocycles. The number of hydrogen-bond acceptors (Lipinski definition) is 2. The molecule has 0 amide bonds. The smallest absolute Gasteiger partial charge is 0.105 e. The molecule has 1 aliphatic rings. The van der Waals surface area contributed by atoms with Gasteiger partial charge in [-0.1, -0.05) is 0 Å². The van der Waals surface area contributed by atoms with Gasteiger partial charge >= 0.3 is 0 Å². The van der Waals surface area contributed by atoms with Gasteiger partial charge < -0.3 is 9.88 Å². The van der Waals surface area contributed by atoms with E-state index in [1.54, 1.807) is 0 Å². The monoisotopic (exact) mass is 193 g/mol. The standard InChI is InChI=1S/C11H19N3/c1-8-13-7-11(14(8)3)10-5-4-9(10)6-12-2/h7,9-10,12H,4-6H2,1-3H3. The SMILES string of the molecule is CNCC1CCC1c1cnc(C)n1C. The summed E-state index contributed by atoms with van der Waals surface area (Å²) in [6, 6.07) is 0. The van der Waals surface area contributed by atoms with Crippen LogP contribution >= 0.6 is 0 Å². The van der Waals surface area contributed by atoms with E-state index in [2.05, 4.69) is 28.8 Å². The van der Waals surface area contributed by atoms with Crippen LogP contribution in [0.4, 0.5) is 0 Å². The minimum atomic E-state index is 0.730. The predicted molar refractivity (Wildman–Crippen MR) is 57.3 cm³/mol. The first-order chi connectivity index (χ1) is 6.74. The van der Waals surface area contributed by atoms with Crippen LogP contribution in [0.3, 0.4) is 0 Å². The van der Waals surface area contributed by atoms with Crippen LogP contribution in [0.1, 0.15) is 30.3 Å². The number of nitrogens with zero attached hydrogens (tertiary/aromatic N) is 2. The summed E-state index contributed by atoms with van der Waals surface area (Å²) < 4.78 is 2.23. The van der Waals surface area contributed by atoms with Crippen molar-refractivity contribution in [3.05, 3.63) is 17.7 Å². The fourth-order valence-electron chi connectivity index (χ4n) is 2.33. The molecule has 1 aromatic heterocycles. The molecule has 2 unspecified atom stereocenters. The molecule has 2 atom stereocenters. The van der Waals surface area contributed by atoms with Crippen LogP contribution in [0.25, 0.3) is 0 Å². The highest BCUT2D eigenvalue weighted by Crippen LogP contribution is 2.41. The quantitative estimate of drug-likeness (QED) is 0.787. The van der Waals surface area contributed by atoms with Crippen LogP contribution in [0, 0.1) is 12.8 Å². The van der Waals surface area contributed by atoms with E-state index in [0.29, 0.717) is 0 Å². The van der Waals surface area contributed by atoms with Gasteiger partial charge in [-0.25, -0.2) is 4.98 Å². The first-order valence-electron chi connectivity index (χ1n) is 5.37. The van der Waals surface area contributed by atoms with Gasteiger partial charge in [-0.05, 0) is 39.3 Å². The van der Waals surface area contributed by atoms with Crippen molar-refractivity contribution >= 4 is 0 Å². The fraction of sp³-hybridized carbons (Fsp3) is 0.727. The number of imidazole rings is 1. The minimum absolute atomic E-state index is 0.730. The molecule has 1 heterocycles. The topological polar surface area (TPSA) is 29.9 Å². The Balaban J connectivity index is 2.12. The lowest BCUT2D eigenvalue weighted by atomic mass is 9.72. The highest BCUT2D eigenvalue weighted by Gasteiger charge is 2.33. The maximum atomic E-state index is 4.36. The Morgan fingerprint density at radius 1 is 1.57 bits per heavy atom. The molecule has 1 saturated carbocycles. The maximum Gasteiger partial charge on any atom is 0.105 e. The zero-order valence-electron chi connectivity index (χ0n) is 9.25. The first-order valence-corrected chi connectivity index (χ1v) is 5.37. The molecule has 0 bridgehead atoms. The van der Waals surface area contributed by atoms with Crippen molar-refractivity contribution in [2.75, 3.05) is 13.6 Å². The normalized spacial score (nSPS) is 26.2. The Labute approximate surface area is 85.5 Å². The van der Waals surface area contributed by atoms with E-state index in [-0.39, 0.29) is 0 Å². The second-order valence-electron chi connectivity index (χ2n) is 4.29. The number of aryl methyl sites for hydroxylation is 1. The van der Waals surface area contributed by atoms with Gasteiger partial charge in [0.15, 0.2) is 0 Å². The Kier molecular flexibility index (Phi) is 2.59. The van der Waals surface area contributed by atoms with E-state index in [9.17, 15) is 0 Å². The van der Waals surface area contributed by atoms with Crippen molar-refractivity contribution in [2.45, 2.75) is 25.7 Å². The lowest BCUT2D eigenvalue weighted by molar-refractivity contribution is 0.242. The molecule has 1 aliphatic carbocycles. The number of aromatic nitrogens is 2. The van der Waals surface area contributed by atoms with Crippen molar-refractivity contribution < 1.29 is 0 Å². The van der Waals surface area contributed by atoms with Gasteiger partial charge in [-0.15, -0.1) is 0 Å². The zero-order chi connectivity index (χ0) is 10.1. The molecule has 1 fully saturated rings. The van der Waals surface area contributed by atoms with Gasteiger partial charge in [-0.2, -0.15) is 0 Å². The highest BCUT2D eigenvalue weighted by atomic mass is 15.1. The molecule has 3 heteroatoms. The Hall–Kier alpha value is -0.830. The minimum Gasteiger partial charge on any atom is -0.335 e. The van der Waals surface area contributed by atoms with Crippen LogP contribution in [0.5, 0.6) is 0 Å². The van der Waals surface area contributed by atoms with Crippen LogP contribution in [-0.4, -0.2) is 23.1 Å². The van der Waals surface area contributed by atoms with Gasteiger partial charge in [0.1, 0.15) is 5.82 Å². The molecule has 78 valence electrons. The largest absolute Gasteiger partial charge is 0.335 e. The van der Waals surface area contributed by atoms with Gasteiger partial charge in [0.25, 0.3) is 0 Å². The molecule has 1 N–H and O–H groups in total. The van der Waals surface area contributed by atoms with E-state index in [1.165, 1.54) is 18.5 Å². The Morgan fingerprint density at radius 3 is 2.79 bits per heavy atom. The molecular weight excluding hydrogens is 174 g/mol. The van der Waals surface area contributed by atoms with Gasteiger partial charge in [0.2, 0.25) is 0 Å². The van der Waals surface area contributed by atoms with E-state index < -0.39 is 0 Å². The van der Waals surface area contributed by atoms with Crippen molar-refractivity contribution in [2.24, 2.45) is 13.0 Å². The average Bonchev–Trinajstić information content (AvgIpc) is 2.44. The van der Waals surface area contributed by atoms with Crippen LogP contribution < -0.4 is 5.32 Å². The lowest BCUT2D eigenvalue weighted by Gasteiger charge is -2.36. The molecule has 2 rings (SSSR count). The third-order valence-electron chi connectivity index (χ3n) is 3.52. The Bertz CT molecular complexity index is 316. The number of rotatable bonds is 3. The molecule has 1 aromatic rings. The molecular formula is C11H19N3. The van der Waals surface area contributed by atoms with E-state index in [0.717, 1.165) is 24.2 Å². The summed E-state index contributed by atoms with van der Waals surface area (Å²) in [4.78, 5) is 4.36. The van der Waals surface area contributed by atoms with Gasteiger partial charge in [-0.3, -0.25) is 0 Å². The molecule has 0 aliphatic heterocycles. The summed E-state index contributed by atoms with van der Waals surface area (Å²) in [5.41, 5.74) is 1.41. The van der Waals surface area contributed by atoms with Crippen molar-refractivity contribution in [1.82, 2.24) is 14.9 Å². The molecule has 0 aromatic carbocycles. The fourth-order valence-corrected chi connectivity index (χ4v) is 2.33. The van der Waals surface area contributed by atoms with Crippen molar-refractivity contribution in [3.63, 3.8) is 0 Å². The third kappa shape index (κ3) is 1.46. The Morgan fingerprint density at radius 2 is 2.36 bits per heavy atom.